The predicted octanol–water partition coefficient (Wildman–Crippen LogP) is 1.77. The Morgan fingerprint density at radius 3 is 2.83 bits per heavy atom. The summed E-state index contributed by atoms with van der Waals surface area (Å²) in [5, 5.41) is 3.00. The Balaban J connectivity index is 1.99. The van der Waals surface area contributed by atoms with Crippen molar-refractivity contribution in [1.29, 1.82) is 0 Å². The van der Waals surface area contributed by atoms with E-state index in [0.717, 1.165) is 12.8 Å². The van der Waals surface area contributed by atoms with Gasteiger partial charge in [-0.2, -0.15) is 4.57 Å². The van der Waals surface area contributed by atoms with E-state index < -0.39 is 0 Å². The van der Waals surface area contributed by atoms with E-state index in [0.29, 0.717) is 6.54 Å². The topological polar surface area (TPSA) is 33.0 Å². The molecule has 1 heterocycles. The minimum atomic E-state index is 0.102. The first-order valence-corrected chi connectivity index (χ1v) is 6.99. The molecular formula is C15H23N2O+. The largest absolute Gasteiger partial charge is 0.348 e. The smallest absolute Gasteiger partial charge is 0.286 e. The third kappa shape index (κ3) is 3.31. The molecule has 1 amide bonds. The fourth-order valence-corrected chi connectivity index (χ4v) is 2.41. The van der Waals surface area contributed by atoms with E-state index in [2.05, 4.69) is 24.5 Å². The fourth-order valence-electron chi connectivity index (χ4n) is 2.41. The highest BCUT2D eigenvalue weighted by molar-refractivity contribution is 5.74. The van der Waals surface area contributed by atoms with Crippen molar-refractivity contribution < 1.29 is 9.36 Å². The quantitative estimate of drug-likeness (QED) is 0.808. The van der Waals surface area contributed by atoms with E-state index in [4.69, 9.17) is 0 Å². The zero-order valence-electron chi connectivity index (χ0n) is 11.4. The Kier molecular flexibility index (Phi) is 4.34. The normalized spacial score (nSPS) is 15.9. The van der Waals surface area contributed by atoms with Crippen LogP contribution in [0.5, 0.6) is 0 Å². The fraction of sp³-hybridized carbons (Fsp3) is 0.600. The number of hydrogen-bond donors (Lipinski definition) is 1. The predicted molar refractivity (Wildman–Crippen MR) is 71.2 cm³/mol. The molecule has 0 saturated carbocycles. The van der Waals surface area contributed by atoms with Crippen LogP contribution in [0.1, 0.15) is 44.2 Å². The molecule has 1 aromatic rings. The van der Waals surface area contributed by atoms with Crippen molar-refractivity contribution in [3.8, 4) is 0 Å². The molecule has 0 unspecified atom stereocenters. The third-order valence-electron chi connectivity index (χ3n) is 3.69. The lowest BCUT2D eigenvalue weighted by molar-refractivity contribution is -0.685. The zero-order chi connectivity index (χ0) is 13.0. The summed E-state index contributed by atoms with van der Waals surface area (Å²) in [5.74, 6) is 0.102. The van der Waals surface area contributed by atoms with Gasteiger partial charge in [-0.05, 0) is 44.6 Å². The first kappa shape index (κ1) is 13.1. The van der Waals surface area contributed by atoms with Crippen LogP contribution in [0, 0.1) is 0 Å². The van der Waals surface area contributed by atoms with E-state index in [1.54, 1.807) is 0 Å². The molecule has 0 saturated heterocycles. The highest BCUT2D eigenvalue weighted by Gasteiger charge is 2.16. The molecule has 0 aliphatic heterocycles. The van der Waals surface area contributed by atoms with Crippen molar-refractivity contribution in [1.82, 2.24) is 5.32 Å². The van der Waals surface area contributed by atoms with E-state index in [9.17, 15) is 4.79 Å². The number of nitrogens with zero attached hydrogens (tertiary/aromatic N) is 1. The van der Waals surface area contributed by atoms with Gasteiger partial charge < -0.3 is 5.32 Å². The number of fused-ring (bicyclic) bond motifs is 1. The van der Waals surface area contributed by atoms with E-state index in [1.165, 1.54) is 30.4 Å². The summed E-state index contributed by atoms with van der Waals surface area (Å²) in [7, 11) is 0. The first-order chi connectivity index (χ1) is 8.69. The maximum absolute atomic E-state index is 11.8. The van der Waals surface area contributed by atoms with Gasteiger partial charge in [0.1, 0.15) is 0 Å². The summed E-state index contributed by atoms with van der Waals surface area (Å²) in [6.45, 7) is 4.55. The molecule has 18 heavy (non-hydrogen) atoms. The Hall–Kier alpha value is -1.38. The van der Waals surface area contributed by atoms with Crippen molar-refractivity contribution in [2.24, 2.45) is 0 Å². The van der Waals surface area contributed by atoms with Crippen LogP contribution in [0.25, 0.3) is 0 Å². The number of aromatic nitrogens is 1. The number of aryl methyl sites for hydroxylation is 2. The van der Waals surface area contributed by atoms with Crippen molar-refractivity contribution in [3.05, 3.63) is 29.6 Å². The summed E-state index contributed by atoms with van der Waals surface area (Å²) in [6.07, 6.45) is 10.1. The van der Waals surface area contributed by atoms with E-state index in [-0.39, 0.29) is 11.9 Å². The van der Waals surface area contributed by atoms with Crippen molar-refractivity contribution in [3.63, 3.8) is 0 Å². The Morgan fingerprint density at radius 2 is 2.11 bits per heavy atom. The lowest BCUT2D eigenvalue weighted by Gasteiger charge is -2.14. The third-order valence-corrected chi connectivity index (χ3v) is 3.69. The molecule has 1 aliphatic rings. The van der Waals surface area contributed by atoms with E-state index in [1.807, 2.05) is 17.7 Å². The molecule has 1 aromatic heterocycles. The highest BCUT2D eigenvalue weighted by Crippen LogP contribution is 2.18. The van der Waals surface area contributed by atoms with Gasteiger partial charge in [-0.1, -0.05) is 6.92 Å². The minimum Gasteiger partial charge on any atom is -0.348 e. The van der Waals surface area contributed by atoms with Crippen molar-refractivity contribution >= 4 is 5.91 Å². The highest BCUT2D eigenvalue weighted by atomic mass is 16.2. The van der Waals surface area contributed by atoms with Crippen LogP contribution in [-0.2, 0) is 24.2 Å². The molecule has 3 nitrogen and oxygen atoms in total. The standard InChI is InChI=1S/C15H22N2O/c1-3-12(2)16-15(18)11-17-9-8-13-6-4-5-7-14(13)10-17/h8-10,12H,3-7,11H2,1-2H3/p+1/t12-/m0/s1. The summed E-state index contributed by atoms with van der Waals surface area (Å²) in [4.78, 5) is 11.8. The second kappa shape index (κ2) is 5.98. The number of rotatable bonds is 4. The molecule has 0 bridgehead atoms. The van der Waals surface area contributed by atoms with Crippen LogP contribution in [0.15, 0.2) is 18.5 Å². The molecule has 2 rings (SSSR count). The molecule has 0 radical (unpaired) electrons. The second-order valence-corrected chi connectivity index (χ2v) is 5.25. The molecule has 0 spiro atoms. The summed E-state index contributed by atoms with van der Waals surface area (Å²) in [5.41, 5.74) is 2.87. The van der Waals surface area contributed by atoms with Crippen molar-refractivity contribution in [2.75, 3.05) is 0 Å². The molecule has 3 heteroatoms. The average molecular weight is 247 g/mol. The monoisotopic (exact) mass is 247 g/mol. The lowest BCUT2D eigenvalue weighted by Crippen LogP contribution is -2.45. The Labute approximate surface area is 109 Å². The van der Waals surface area contributed by atoms with Gasteiger partial charge in [0.2, 0.25) is 6.54 Å². The first-order valence-electron chi connectivity index (χ1n) is 6.99. The van der Waals surface area contributed by atoms with Crippen molar-refractivity contribution in [2.45, 2.75) is 58.5 Å². The average Bonchev–Trinajstić information content (AvgIpc) is 2.38. The Bertz CT molecular complexity index is 429. The number of pyridine rings is 1. The number of carbonyl (C=O) groups is 1. The van der Waals surface area contributed by atoms with Crippen LogP contribution in [0.3, 0.4) is 0 Å². The van der Waals surface area contributed by atoms with Crippen LogP contribution in [-0.4, -0.2) is 11.9 Å². The summed E-state index contributed by atoms with van der Waals surface area (Å²) >= 11 is 0. The van der Waals surface area contributed by atoms with Gasteiger partial charge in [-0.3, -0.25) is 4.79 Å². The van der Waals surface area contributed by atoms with Crippen LogP contribution >= 0.6 is 0 Å². The Morgan fingerprint density at radius 1 is 1.39 bits per heavy atom. The molecule has 1 aliphatic carbocycles. The molecule has 1 N–H and O–H groups in total. The maximum Gasteiger partial charge on any atom is 0.286 e. The molecular weight excluding hydrogens is 224 g/mol. The van der Waals surface area contributed by atoms with Gasteiger partial charge in [0.15, 0.2) is 12.4 Å². The van der Waals surface area contributed by atoms with Gasteiger partial charge >= 0.3 is 0 Å². The molecule has 0 aromatic carbocycles. The number of carbonyl (C=O) groups excluding carboxylic acids is 1. The molecule has 0 fully saturated rings. The number of amides is 1. The van der Waals surface area contributed by atoms with Gasteiger partial charge in [0, 0.05) is 17.7 Å². The van der Waals surface area contributed by atoms with Gasteiger partial charge in [0.05, 0.1) is 0 Å². The minimum absolute atomic E-state index is 0.102. The lowest BCUT2D eigenvalue weighted by atomic mass is 9.93. The van der Waals surface area contributed by atoms with Gasteiger partial charge in [-0.15, -0.1) is 0 Å². The van der Waals surface area contributed by atoms with Gasteiger partial charge in [-0.25, -0.2) is 0 Å². The van der Waals surface area contributed by atoms with Crippen LogP contribution in [0.4, 0.5) is 0 Å². The number of nitrogens with one attached hydrogen (secondary N) is 1. The second-order valence-electron chi connectivity index (χ2n) is 5.25. The zero-order valence-corrected chi connectivity index (χ0v) is 11.4. The van der Waals surface area contributed by atoms with E-state index >= 15 is 0 Å². The summed E-state index contributed by atoms with van der Waals surface area (Å²) in [6, 6.07) is 2.43. The van der Waals surface area contributed by atoms with Crippen LogP contribution < -0.4 is 9.88 Å². The SMILES string of the molecule is CC[C@H](C)NC(=O)C[n+]1ccc2c(c1)CCCC2. The van der Waals surface area contributed by atoms with Gasteiger partial charge in [0.25, 0.3) is 5.91 Å². The number of hydrogen-bond acceptors (Lipinski definition) is 1. The molecule has 98 valence electrons. The van der Waals surface area contributed by atoms with Crippen LogP contribution in [0.2, 0.25) is 0 Å². The summed E-state index contributed by atoms with van der Waals surface area (Å²) < 4.78 is 2.00. The maximum atomic E-state index is 11.8. The molecule has 1 atom stereocenters.